The van der Waals surface area contributed by atoms with Gasteiger partial charge in [-0.05, 0) is 50.5 Å². The summed E-state index contributed by atoms with van der Waals surface area (Å²) in [6.07, 6.45) is 11.0. The molecule has 0 amide bonds. The van der Waals surface area contributed by atoms with Crippen LogP contribution in [0.4, 0.5) is 0 Å². The number of nitrogens with two attached hydrogens (primary N) is 1. The Labute approximate surface area is 113 Å². The summed E-state index contributed by atoms with van der Waals surface area (Å²) in [6, 6.07) is 0. The molecular formula is C16H32N2. The Bertz CT molecular complexity index is 253. The van der Waals surface area contributed by atoms with Gasteiger partial charge in [0.1, 0.15) is 0 Å². The minimum atomic E-state index is 0.354. The van der Waals surface area contributed by atoms with Gasteiger partial charge in [0, 0.05) is 18.6 Å². The molecule has 2 nitrogen and oxygen atoms in total. The van der Waals surface area contributed by atoms with Gasteiger partial charge in [-0.15, -0.1) is 0 Å². The molecule has 2 heteroatoms. The standard InChI is InChI=1S/C16H32N2/c1-3-5-15-8-11-18(12-15)16(13-17)9-4-6-14(2)7-10-16/h14-15H,3-13,17H2,1-2H3. The van der Waals surface area contributed by atoms with Crippen LogP contribution < -0.4 is 5.73 Å². The molecule has 1 saturated heterocycles. The molecule has 2 fully saturated rings. The van der Waals surface area contributed by atoms with Crippen molar-refractivity contribution in [2.24, 2.45) is 17.6 Å². The van der Waals surface area contributed by atoms with Gasteiger partial charge in [-0.1, -0.05) is 33.1 Å². The zero-order valence-corrected chi connectivity index (χ0v) is 12.5. The summed E-state index contributed by atoms with van der Waals surface area (Å²) in [4.78, 5) is 2.77. The smallest absolute Gasteiger partial charge is 0.0331 e. The number of hydrogen-bond acceptors (Lipinski definition) is 2. The van der Waals surface area contributed by atoms with Crippen LogP contribution in [-0.2, 0) is 0 Å². The fourth-order valence-corrected chi connectivity index (χ4v) is 4.12. The van der Waals surface area contributed by atoms with Crippen molar-refractivity contribution in [1.29, 1.82) is 0 Å². The second-order valence-electron chi connectivity index (χ2n) is 6.85. The van der Waals surface area contributed by atoms with Crippen molar-refractivity contribution < 1.29 is 0 Å². The first-order valence-corrected chi connectivity index (χ1v) is 8.15. The molecule has 0 aromatic carbocycles. The first-order chi connectivity index (χ1) is 8.70. The van der Waals surface area contributed by atoms with E-state index in [4.69, 9.17) is 5.73 Å². The van der Waals surface area contributed by atoms with E-state index in [-0.39, 0.29) is 0 Å². The molecule has 1 heterocycles. The average molecular weight is 252 g/mol. The average Bonchev–Trinajstić information content (AvgIpc) is 2.75. The van der Waals surface area contributed by atoms with Crippen LogP contribution in [0.2, 0.25) is 0 Å². The first kappa shape index (κ1) is 14.3. The van der Waals surface area contributed by atoms with Gasteiger partial charge in [0.05, 0.1) is 0 Å². The summed E-state index contributed by atoms with van der Waals surface area (Å²) in [5, 5.41) is 0. The van der Waals surface area contributed by atoms with E-state index in [2.05, 4.69) is 18.7 Å². The molecular weight excluding hydrogens is 220 g/mol. The van der Waals surface area contributed by atoms with E-state index in [0.717, 1.165) is 18.4 Å². The lowest BCUT2D eigenvalue weighted by molar-refractivity contribution is 0.0993. The summed E-state index contributed by atoms with van der Waals surface area (Å²) in [5.41, 5.74) is 6.57. The lowest BCUT2D eigenvalue weighted by Gasteiger charge is -2.41. The number of nitrogens with zero attached hydrogens (tertiary/aromatic N) is 1. The van der Waals surface area contributed by atoms with E-state index >= 15 is 0 Å². The topological polar surface area (TPSA) is 29.3 Å². The molecule has 2 N–H and O–H groups in total. The fourth-order valence-electron chi connectivity index (χ4n) is 4.12. The van der Waals surface area contributed by atoms with Gasteiger partial charge in [0.2, 0.25) is 0 Å². The van der Waals surface area contributed by atoms with Crippen molar-refractivity contribution in [3.8, 4) is 0 Å². The third-order valence-corrected chi connectivity index (χ3v) is 5.48. The molecule has 0 aromatic rings. The zero-order valence-electron chi connectivity index (χ0n) is 12.5. The molecule has 3 atom stereocenters. The van der Waals surface area contributed by atoms with Crippen LogP contribution in [-0.4, -0.2) is 30.1 Å². The normalized spacial score (nSPS) is 38.8. The van der Waals surface area contributed by atoms with Crippen molar-refractivity contribution in [2.75, 3.05) is 19.6 Å². The minimum Gasteiger partial charge on any atom is -0.329 e. The van der Waals surface area contributed by atoms with Crippen LogP contribution >= 0.6 is 0 Å². The number of likely N-dealkylation sites (tertiary alicyclic amines) is 1. The monoisotopic (exact) mass is 252 g/mol. The van der Waals surface area contributed by atoms with E-state index in [0.29, 0.717) is 5.54 Å². The summed E-state index contributed by atoms with van der Waals surface area (Å²) in [6.45, 7) is 8.22. The van der Waals surface area contributed by atoms with E-state index in [1.54, 1.807) is 0 Å². The van der Waals surface area contributed by atoms with Crippen LogP contribution in [0.25, 0.3) is 0 Å². The second kappa shape index (κ2) is 6.38. The Balaban J connectivity index is 1.99. The maximum Gasteiger partial charge on any atom is 0.0331 e. The number of hydrogen-bond donors (Lipinski definition) is 1. The highest BCUT2D eigenvalue weighted by atomic mass is 15.2. The largest absolute Gasteiger partial charge is 0.329 e. The predicted molar refractivity (Wildman–Crippen MR) is 78.6 cm³/mol. The van der Waals surface area contributed by atoms with E-state index < -0.39 is 0 Å². The van der Waals surface area contributed by atoms with Crippen molar-refractivity contribution >= 4 is 0 Å². The summed E-state index contributed by atoms with van der Waals surface area (Å²) in [7, 11) is 0. The molecule has 3 unspecified atom stereocenters. The van der Waals surface area contributed by atoms with E-state index in [1.807, 2.05) is 0 Å². The quantitative estimate of drug-likeness (QED) is 0.777. The highest BCUT2D eigenvalue weighted by Crippen LogP contribution is 2.37. The van der Waals surface area contributed by atoms with Crippen LogP contribution in [0.15, 0.2) is 0 Å². The summed E-state index contributed by atoms with van der Waals surface area (Å²) in [5.74, 6) is 1.85. The molecule has 1 aliphatic carbocycles. The lowest BCUT2D eigenvalue weighted by atomic mass is 9.88. The Hall–Kier alpha value is -0.0800. The molecule has 106 valence electrons. The van der Waals surface area contributed by atoms with Crippen molar-refractivity contribution in [3.63, 3.8) is 0 Å². The SMILES string of the molecule is CCCC1CCN(C2(CN)CCCC(C)CC2)C1. The molecule has 1 saturated carbocycles. The molecule has 2 aliphatic rings. The Kier molecular flexibility index (Phi) is 5.08. The highest BCUT2D eigenvalue weighted by Gasteiger charge is 2.40. The lowest BCUT2D eigenvalue weighted by Crippen LogP contribution is -2.52. The second-order valence-corrected chi connectivity index (χ2v) is 6.85. The highest BCUT2D eigenvalue weighted by molar-refractivity contribution is 4.97. The molecule has 0 bridgehead atoms. The number of rotatable bonds is 4. The van der Waals surface area contributed by atoms with Crippen molar-refractivity contribution in [1.82, 2.24) is 4.90 Å². The maximum absolute atomic E-state index is 6.21. The van der Waals surface area contributed by atoms with Gasteiger partial charge in [-0.3, -0.25) is 4.90 Å². The molecule has 2 rings (SSSR count). The van der Waals surface area contributed by atoms with Gasteiger partial charge in [-0.25, -0.2) is 0 Å². The Morgan fingerprint density at radius 3 is 2.78 bits per heavy atom. The molecule has 0 aromatic heterocycles. The van der Waals surface area contributed by atoms with Gasteiger partial charge in [-0.2, -0.15) is 0 Å². The fraction of sp³-hybridized carbons (Fsp3) is 1.00. The molecule has 18 heavy (non-hydrogen) atoms. The molecule has 0 radical (unpaired) electrons. The van der Waals surface area contributed by atoms with E-state index in [9.17, 15) is 0 Å². The summed E-state index contributed by atoms with van der Waals surface area (Å²) < 4.78 is 0. The van der Waals surface area contributed by atoms with Crippen LogP contribution in [0, 0.1) is 11.8 Å². The van der Waals surface area contributed by atoms with Crippen LogP contribution in [0.3, 0.4) is 0 Å². The van der Waals surface area contributed by atoms with Gasteiger partial charge in [0.25, 0.3) is 0 Å². The maximum atomic E-state index is 6.21. The van der Waals surface area contributed by atoms with Crippen molar-refractivity contribution in [3.05, 3.63) is 0 Å². The zero-order chi connectivity index (χ0) is 13.0. The third-order valence-electron chi connectivity index (χ3n) is 5.48. The van der Waals surface area contributed by atoms with Crippen LogP contribution in [0.5, 0.6) is 0 Å². The third kappa shape index (κ3) is 3.08. The minimum absolute atomic E-state index is 0.354. The first-order valence-electron chi connectivity index (χ1n) is 8.15. The Morgan fingerprint density at radius 2 is 2.06 bits per heavy atom. The summed E-state index contributed by atoms with van der Waals surface area (Å²) >= 11 is 0. The van der Waals surface area contributed by atoms with Gasteiger partial charge < -0.3 is 5.73 Å². The molecule has 1 aliphatic heterocycles. The Morgan fingerprint density at radius 1 is 1.22 bits per heavy atom. The van der Waals surface area contributed by atoms with Crippen molar-refractivity contribution in [2.45, 2.75) is 70.8 Å². The predicted octanol–water partition coefficient (Wildman–Crippen LogP) is 3.41. The van der Waals surface area contributed by atoms with Crippen LogP contribution in [0.1, 0.15) is 65.2 Å². The van der Waals surface area contributed by atoms with E-state index in [1.165, 1.54) is 64.5 Å². The molecule has 0 spiro atoms. The van der Waals surface area contributed by atoms with Gasteiger partial charge >= 0.3 is 0 Å². The van der Waals surface area contributed by atoms with Gasteiger partial charge in [0.15, 0.2) is 0 Å².